The third kappa shape index (κ3) is 3.50. The van der Waals surface area contributed by atoms with Crippen LogP contribution in [0.4, 0.5) is 4.39 Å². The summed E-state index contributed by atoms with van der Waals surface area (Å²) < 4.78 is 13.8. The molecular weight excluding hydrogens is 265 g/mol. The zero-order valence-corrected chi connectivity index (χ0v) is 11.3. The van der Waals surface area contributed by atoms with Crippen molar-refractivity contribution in [1.29, 1.82) is 0 Å². The maximum absolute atomic E-state index is 13.8. The van der Waals surface area contributed by atoms with Crippen molar-refractivity contribution in [3.05, 3.63) is 64.2 Å². The lowest BCUT2D eigenvalue weighted by molar-refractivity contribution is 0.528. The summed E-state index contributed by atoms with van der Waals surface area (Å²) in [6, 6.07) is 8.28. The molecule has 2 aromatic rings. The van der Waals surface area contributed by atoms with E-state index >= 15 is 0 Å². The summed E-state index contributed by atoms with van der Waals surface area (Å²) in [5.41, 5.74) is 5.15. The molecule has 5 heteroatoms. The van der Waals surface area contributed by atoms with Gasteiger partial charge >= 0.3 is 0 Å². The molecule has 1 atom stereocenters. The maximum atomic E-state index is 13.8. The van der Waals surface area contributed by atoms with Crippen LogP contribution in [-0.4, -0.2) is 4.98 Å². The Balaban J connectivity index is 2.24. The highest BCUT2D eigenvalue weighted by atomic mass is 35.5. The number of hydrogen-bond acceptors (Lipinski definition) is 3. The molecule has 0 radical (unpaired) electrons. The third-order valence-electron chi connectivity index (χ3n) is 2.96. The van der Waals surface area contributed by atoms with E-state index in [1.54, 1.807) is 18.3 Å². The molecule has 0 saturated heterocycles. The first-order chi connectivity index (χ1) is 9.10. The fraction of sp³-hybridized carbons (Fsp3) is 0.214. The molecular formula is C14H15ClFN3. The standard InChI is InChI=1S/C14H15ClFN3/c1-9-6-11(4-5-18-9)14(19-17)7-10-2-3-12(15)8-13(10)16/h2-6,8,14,19H,7,17H2,1H3. The predicted octanol–water partition coefficient (Wildman–Crippen LogP) is 2.93. The molecule has 19 heavy (non-hydrogen) atoms. The van der Waals surface area contributed by atoms with Gasteiger partial charge in [0.2, 0.25) is 0 Å². The highest BCUT2D eigenvalue weighted by Gasteiger charge is 2.13. The van der Waals surface area contributed by atoms with Crippen molar-refractivity contribution in [1.82, 2.24) is 10.4 Å². The van der Waals surface area contributed by atoms with Gasteiger partial charge in [0.15, 0.2) is 0 Å². The van der Waals surface area contributed by atoms with Crippen LogP contribution >= 0.6 is 11.6 Å². The average molecular weight is 280 g/mol. The minimum atomic E-state index is -0.321. The number of aryl methyl sites for hydroxylation is 1. The number of hydrazine groups is 1. The van der Waals surface area contributed by atoms with Gasteiger partial charge in [-0.25, -0.2) is 4.39 Å². The van der Waals surface area contributed by atoms with Gasteiger partial charge in [0.25, 0.3) is 0 Å². The van der Waals surface area contributed by atoms with Crippen LogP contribution in [0.1, 0.15) is 22.9 Å². The van der Waals surface area contributed by atoms with Crippen LogP contribution in [0.15, 0.2) is 36.5 Å². The number of nitrogens with one attached hydrogen (secondary N) is 1. The Morgan fingerprint density at radius 3 is 2.79 bits per heavy atom. The first-order valence-electron chi connectivity index (χ1n) is 5.92. The second-order valence-corrected chi connectivity index (χ2v) is 4.83. The Bertz CT molecular complexity index is 574. The lowest BCUT2D eigenvalue weighted by Crippen LogP contribution is -2.29. The Hall–Kier alpha value is -1.49. The summed E-state index contributed by atoms with van der Waals surface area (Å²) in [6.45, 7) is 1.90. The van der Waals surface area contributed by atoms with Gasteiger partial charge in [0.1, 0.15) is 5.82 Å². The smallest absolute Gasteiger partial charge is 0.127 e. The molecule has 0 fully saturated rings. The third-order valence-corrected chi connectivity index (χ3v) is 3.20. The lowest BCUT2D eigenvalue weighted by Gasteiger charge is -2.17. The average Bonchev–Trinajstić information content (AvgIpc) is 2.38. The van der Waals surface area contributed by atoms with Gasteiger partial charge in [0, 0.05) is 16.9 Å². The van der Waals surface area contributed by atoms with Crippen LogP contribution in [0.25, 0.3) is 0 Å². The Kier molecular flexibility index (Phi) is 4.47. The van der Waals surface area contributed by atoms with E-state index in [1.807, 2.05) is 19.1 Å². The molecule has 3 N–H and O–H groups in total. The summed E-state index contributed by atoms with van der Waals surface area (Å²) in [5, 5.41) is 0.387. The van der Waals surface area contributed by atoms with Crippen molar-refractivity contribution in [3.8, 4) is 0 Å². The van der Waals surface area contributed by atoms with E-state index in [0.29, 0.717) is 17.0 Å². The Morgan fingerprint density at radius 2 is 2.16 bits per heavy atom. The topological polar surface area (TPSA) is 50.9 Å². The van der Waals surface area contributed by atoms with Crippen molar-refractivity contribution < 1.29 is 4.39 Å². The van der Waals surface area contributed by atoms with E-state index in [2.05, 4.69) is 10.4 Å². The molecule has 100 valence electrons. The fourth-order valence-electron chi connectivity index (χ4n) is 1.96. The van der Waals surface area contributed by atoms with Crippen molar-refractivity contribution >= 4 is 11.6 Å². The number of nitrogens with zero attached hydrogens (tertiary/aromatic N) is 1. The Morgan fingerprint density at radius 1 is 1.37 bits per heavy atom. The zero-order chi connectivity index (χ0) is 13.8. The molecule has 0 aliphatic carbocycles. The van der Waals surface area contributed by atoms with Crippen LogP contribution in [0.2, 0.25) is 5.02 Å². The molecule has 1 unspecified atom stereocenters. The minimum Gasteiger partial charge on any atom is -0.271 e. The predicted molar refractivity (Wildman–Crippen MR) is 74.2 cm³/mol. The number of nitrogens with two attached hydrogens (primary N) is 1. The summed E-state index contributed by atoms with van der Waals surface area (Å²) in [7, 11) is 0. The summed E-state index contributed by atoms with van der Waals surface area (Å²) in [4.78, 5) is 4.13. The van der Waals surface area contributed by atoms with E-state index in [1.165, 1.54) is 6.07 Å². The molecule has 0 bridgehead atoms. The van der Waals surface area contributed by atoms with Crippen molar-refractivity contribution in [2.75, 3.05) is 0 Å². The summed E-state index contributed by atoms with van der Waals surface area (Å²) in [6.07, 6.45) is 2.16. The normalized spacial score (nSPS) is 12.4. The van der Waals surface area contributed by atoms with Gasteiger partial charge in [-0.1, -0.05) is 17.7 Å². The molecule has 1 aromatic carbocycles. The number of halogens is 2. The highest BCUT2D eigenvalue weighted by Crippen LogP contribution is 2.22. The minimum absolute atomic E-state index is 0.169. The van der Waals surface area contributed by atoms with Crippen LogP contribution in [0, 0.1) is 12.7 Å². The van der Waals surface area contributed by atoms with Crippen LogP contribution in [0.3, 0.4) is 0 Å². The number of hydrogen-bond donors (Lipinski definition) is 2. The zero-order valence-electron chi connectivity index (χ0n) is 10.5. The largest absolute Gasteiger partial charge is 0.271 e. The monoisotopic (exact) mass is 279 g/mol. The van der Waals surface area contributed by atoms with Crippen LogP contribution < -0.4 is 11.3 Å². The number of rotatable bonds is 4. The first kappa shape index (κ1) is 13.9. The van der Waals surface area contributed by atoms with Crippen molar-refractivity contribution in [2.45, 2.75) is 19.4 Å². The Labute approximate surface area is 116 Å². The molecule has 1 heterocycles. The summed E-state index contributed by atoms with van der Waals surface area (Å²) >= 11 is 5.74. The number of benzene rings is 1. The molecule has 0 saturated carbocycles. The van der Waals surface area contributed by atoms with Gasteiger partial charge in [0.05, 0.1) is 6.04 Å². The van der Waals surface area contributed by atoms with Crippen LogP contribution in [-0.2, 0) is 6.42 Å². The lowest BCUT2D eigenvalue weighted by atomic mass is 9.99. The molecule has 0 spiro atoms. The SMILES string of the molecule is Cc1cc(C(Cc2ccc(Cl)cc2F)NN)ccn1. The number of pyridine rings is 1. The molecule has 0 aliphatic rings. The second kappa shape index (κ2) is 6.10. The second-order valence-electron chi connectivity index (χ2n) is 4.39. The van der Waals surface area contributed by atoms with Gasteiger partial charge in [-0.05, 0) is 48.7 Å². The van der Waals surface area contributed by atoms with Crippen molar-refractivity contribution in [2.24, 2.45) is 5.84 Å². The van der Waals surface area contributed by atoms with E-state index in [9.17, 15) is 4.39 Å². The maximum Gasteiger partial charge on any atom is 0.127 e. The molecule has 3 nitrogen and oxygen atoms in total. The van der Waals surface area contributed by atoms with E-state index in [-0.39, 0.29) is 11.9 Å². The fourth-order valence-corrected chi connectivity index (χ4v) is 2.12. The molecule has 1 aromatic heterocycles. The van der Waals surface area contributed by atoms with Gasteiger partial charge in [-0.3, -0.25) is 16.3 Å². The van der Waals surface area contributed by atoms with Crippen LogP contribution in [0.5, 0.6) is 0 Å². The first-order valence-corrected chi connectivity index (χ1v) is 6.30. The van der Waals surface area contributed by atoms with E-state index < -0.39 is 0 Å². The number of aromatic nitrogens is 1. The molecule has 0 aliphatic heterocycles. The summed E-state index contributed by atoms with van der Waals surface area (Å²) in [5.74, 6) is 5.24. The molecule has 0 amide bonds. The molecule has 2 rings (SSSR count). The van der Waals surface area contributed by atoms with Gasteiger partial charge in [-0.2, -0.15) is 0 Å². The van der Waals surface area contributed by atoms with E-state index in [0.717, 1.165) is 11.3 Å². The quantitative estimate of drug-likeness (QED) is 0.668. The highest BCUT2D eigenvalue weighted by molar-refractivity contribution is 6.30. The van der Waals surface area contributed by atoms with Gasteiger partial charge in [-0.15, -0.1) is 0 Å². The van der Waals surface area contributed by atoms with Gasteiger partial charge < -0.3 is 0 Å². The van der Waals surface area contributed by atoms with Crippen molar-refractivity contribution in [3.63, 3.8) is 0 Å². The van der Waals surface area contributed by atoms with E-state index in [4.69, 9.17) is 17.4 Å².